The van der Waals surface area contributed by atoms with E-state index in [1.807, 2.05) is 31.2 Å². The maximum absolute atomic E-state index is 10.4. The Morgan fingerprint density at radius 2 is 2.00 bits per heavy atom. The number of rotatable bonds is 12. The third kappa shape index (κ3) is 9.11. The quantitative estimate of drug-likeness (QED) is 0.385. The minimum atomic E-state index is -0.659. The number of aliphatic hydroxyl groups is 1. The van der Waals surface area contributed by atoms with Crippen molar-refractivity contribution in [2.75, 3.05) is 39.8 Å². The van der Waals surface area contributed by atoms with Crippen LogP contribution in [0.3, 0.4) is 0 Å². The second kappa shape index (κ2) is 13.4. The van der Waals surface area contributed by atoms with E-state index in [1.54, 1.807) is 7.11 Å². The Hall–Kier alpha value is -1.79. The van der Waals surface area contributed by atoms with E-state index >= 15 is 0 Å². The van der Waals surface area contributed by atoms with Gasteiger partial charge >= 0.3 is 0 Å². The molecule has 2 atom stereocenters. The van der Waals surface area contributed by atoms with E-state index in [2.05, 4.69) is 41.3 Å². The normalized spacial score (nSPS) is 14.1. The third-order valence-electron chi connectivity index (χ3n) is 4.63. The molecule has 0 fully saturated rings. The van der Waals surface area contributed by atoms with E-state index in [0.717, 1.165) is 56.3 Å². The highest BCUT2D eigenvalue weighted by Crippen LogP contribution is 2.19. The number of hydrogen-bond donors (Lipinski definition) is 3. The molecule has 0 aromatic heterocycles. The molecule has 154 valence electrons. The average molecular weight is 379 g/mol. The van der Waals surface area contributed by atoms with Crippen molar-refractivity contribution in [1.29, 1.82) is 0 Å². The predicted molar refractivity (Wildman–Crippen MR) is 114 cm³/mol. The van der Waals surface area contributed by atoms with Crippen molar-refractivity contribution in [1.82, 2.24) is 15.5 Å². The van der Waals surface area contributed by atoms with Crippen molar-refractivity contribution >= 4 is 5.96 Å². The second-order valence-electron chi connectivity index (χ2n) is 6.73. The molecule has 2 unspecified atom stereocenters. The molecular weight excluding hydrogens is 340 g/mol. The van der Waals surface area contributed by atoms with E-state index in [4.69, 9.17) is 4.74 Å². The van der Waals surface area contributed by atoms with Crippen molar-refractivity contribution in [2.24, 2.45) is 4.99 Å². The minimum Gasteiger partial charge on any atom is -0.497 e. The van der Waals surface area contributed by atoms with Gasteiger partial charge in [0, 0.05) is 12.6 Å². The van der Waals surface area contributed by atoms with Crippen molar-refractivity contribution < 1.29 is 9.84 Å². The van der Waals surface area contributed by atoms with Crippen LogP contribution in [0.1, 0.15) is 52.2 Å². The number of aliphatic imine (C=N–C) groups is 1. The fraction of sp³-hybridized carbons (Fsp3) is 0.667. The van der Waals surface area contributed by atoms with Gasteiger partial charge in [-0.25, -0.2) is 0 Å². The van der Waals surface area contributed by atoms with Crippen LogP contribution in [0, 0.1) is 0 Å². The number of nitrogens with one attached hydrogen (secondary N) is 2. The lowest BCUT2D eigenvalue weighted by molar-refractivity contribution is 0.186. The first-order chi connectivity index (χ1) is 13.0. The molecule has 0 heterocycles. The van der Waals surface area contributed by atoms with E-state index < -0.39 is 6.10 Å². The summed E-state index contributed by atoms with van der Waals surface area (Å²) in [6.45, 7) is 13.0. The Labute approximate surface area is 165 Å². The summed E-state index contributed by atoms with van der Waals surface area (Å²) in [7, 11) is 1.62. The molecule has 0 aliphatic rings. The smallest absolute Gasteiger partial charge is 0.191 e. The van der Waals surface area contributed by atoms with Crippen LogP contribution >= 0.6 is 0 Å². The molecule has 1 rings (SSSR count). The molecule has 0 amide bonds. The highest BCUT2D eigenvalue weighted by atomic mass is 16.5. The van der Waals surface area contributed by atoms with Gasteiger partial charge in [-0.3, -0.25) is 4.99 Å². The van der Waals surface area contributed by atoms with Crippen molar-refractivity contribution in [3.05, 3.63) is 29.8 Å². The largest absolute Gasteiger partial charge is 0.497 e. The van der Waals surface area contributed by atoms with Gasteiger partial charge in [-0.05, 0) is 64.0 Å². The Morgan fingerprint density at radius 1 is 1.26 bits per heavy atom. The fourth-order valence-corrected chi connectivity index (χ4v) is 2.92. The SMILES string of the molecule is CCNC(=NCC(O)c1cccc(OC)c1)NC(C)CCCN(CC)CC. The van der Waals surface area contributed by atoms with Crippen molar-refractivity contribution in [3.8, 4) is 5.75 Å². The Morgan fingerprint density at radius 3 is 2.63 bits per heavy atom. The summed E-state index contributed by atoms with van der Waals surface area (Å²) in [5.41, 5.74) is 0.807. The van der Waals surface area contributed by atoms with Gasteiger partial charge in [0.2, 0.25) is 0 Å². The maximum atomic E-state index is 10.4. The average Bonchev–Trinajstić information content (AvgIpc) is 2.69. The Bertz CT molecular complexity index is 547. The zero-order valence-electron chi connectivity index (χ0n) is 17.7. The number of methoxy groups -OCH3 is 1. The van der Waals surface area contributed by atoms with Crippen LogP contribution in [0.25, 0.3) is 0 Å². The molecule has 0 aliphatic carbocycles. The lowest BCUT2D eigenvalue weighted by Gasteiger charge is -2.21. The van der Waals surface area contributed by atoms with E-state index in [1.165, 1.54) is 0 Å². The van der Waals surface area contributed by atoms with Crippen LogP contribution in [-0.2, 0) is 0 Å². The number of aliphatic hydroxyl groups excluding tert-OH is 1. The molecule has 1 aromatic carbocycles. The topological polar surface area (TPSA) is 69.1 Å². The zero-order chi connectivity index (χ0) is 20.1. The van der Waals surface area contributed by atoms with Gasteiger partial charge in [0.25, 0.3) is 0 Å². The van der Waals surface area contributed by atoms with Crippen LogP contribution in [-0.4, -0.2) is 61.8 Å². The number of nitrogens with zero attached hydrogens (tertiary/aromatic N) is 2. The van der Waals surface area contributed by atoms with Crippen LogP contribution in [0.5, 0.6) is 5.75 Å². The Kier molecular flexibility index (Phi) is 11.5. The molecule has 3 N–H and O–H groups in total. The van der Waals surface area contributed by atoms with Gasteiger partial charge in [0.1, 0.15) is 5.75 Å². The lowest BCUT2D eigenvalue weighted by Crippen LogP contribution is -2.42. The van der Waals surface area contributed by atoms with Crippen molar-refractivity contribution in [3.63, 3.8) is 0 Å². The fourth-order valence-electron chi connectivity index (χ4n) is 2.92. The zero-order valence-corrected chi connectivity index (χ0v) is 17.7. The number of benzene rings is 1. The number of ether oxygens (including phenoxy) is 1. The first-order valence-electron chi connectivity index (χ1n) is 10.1. The molecule has 27 heavy (non-hydrogen) atoms. The van der Waals surface area contributed by atoms with Gasteiger partial charge in [-0.15, -0.1) is 0 Å². The third-order valence-corrected chi connectivity index (χ3v) is 4.63. The molecule has 0 saturated carbocycles. The number of hydrogen-bond acceptors (Lipinski definition) is 4. The highest BCUT2D eigenvalue weighted by molar-refractivity contribution is 5.80. The maximum Gasteiger partial charge on any atom is 0.191 e. The second-order valence-corrected chi connectivity index (χ2v) is 6.73. The van der Waals surface area contributed by atoms with Crippen LogP contribution in [0.15, 0.2) is 29.3 Å². The summed E-state index contributed by atoms with van der Waals surface area (Å²) < 4.78 is 5.22. The van der Waals surface area contributed by atoms with Gasteiger partial charge < -0.3 is 25.4 Å². The highest BCUT2D eigenvalue weighted by Gasteiger charge is 2.10. The van der Waals surface area contributed by atoms with E-state index in [-0.39, 0.29) is 0 Å². The molecule has 0 spiro atoms. The van der Waals surface area contributed by atoms with Crippen LogP contribution < -0.4 is 15.4 Å². The molecule has 6 heteroatoms. The Balaban J connectivity index is 2.55. The van der Waals surface area contributed by atoms with E-state index in [0.29, 0.717) is 12.6 Å². The van der Waals surface area contributed by atoms with Gasteiger partial charge in [0.05, 0.1) is 19.8 Å². The predicted octanol–water partition coefficient (Wildman–Crippen LogP) is 2.79. The number of guanidine groups is 1. The molecule has 0 radical (unpaired) electrons. The standard InChI is InChI=1S/C21H38N4O2/c1-6-22-21(24-17(4)11-10-14-25(7-2)8-3)23-16-20(26)18-12-9-13-19(15-18)27-5/h9,12-13,15,17,20,26H,6-8,10-11,14,16H2,1-5H3,(H2,22,23,24). The summed E-state index contributed by atoms with van der Waals surface area (Å²) in [6.07, 6.45) is 1.58. The summed E-state index contributed by atoms with van der Waals surface area (Å²) in [6, 6.07) is 7.80. The van der Waals surface area contributed by atoms with Crippen LogP contribution in [0.2, 0.25) is 0 Å². The van der Waals surface area contributed by atoms with Gasteiger partial charge in [-0.1, -0.05) is 26.0 Å². The van der Waals surface area contributed by atoms with E-state index in [9.17, 15) is 5.11 Å². The lowest BCUT2D eigenvalue weighted by atomic mass is 10.1. The molecule has 0 aliphatic heterocycles. The molecular formula is C21H38N4O2. The minimum absolute atomic E-state index is 0.300. The molecule has 1 aromatic rings. The molecule has 0 saturated heterocycles. The summed E-state index contributed by atoms with van der Waals surface area (Å²) in [5, 5.41) is 17.1. The monoisotopic (exact) mass is 378 g/mol. The van der Waals surface area contributed by atoms with Gasteiger partial charge in [0.15, 0.2) is 5.96 Å². The molecule has 0 bridgehead atoms. The summed E-state index contributed by atoms with van der Waals surface area (Å²) in [5.74, 6) is 1.48. The van der Waals surface area contributed by atoms with Crippen molar-refractivity contribution in [2.45, 2.75) is 52.7 Å². The summed E-state index contributed by atoms with van der Waals surface area (Å²) in [4.78, 5) is 6.99. The first kappa shape index (κ1) is 23.2. The van der Waals surface area contributed by atoms with Gasteiger partial charge in [-0.2, -0.15) is 0 Å². The molecule has 6 nitrogen and oxygen atoms in total. The summed E-state index contributed by atoms with van der Waals surface area (Å²) >= 11 is 0. The first-order valence-corrected chi connectivity index (χ1v) is 10.1. The van der Waals surface area contributed by atoms with Crippen LogP contribution in [0.4, 0.5) is 0 Å².